The average molecular weight is 513 g/mol. The van der Waals surface area contributed by atoms with Crippen LogP contribution in [0.4, 0.5) is 0 Å². The van der Waals surface area contributed by atoms with E-state index >= 15 is 0 Å². The second-order valence-corrected chi connectivity index (χ2v) is 10.6. The van der Waals surface area contributed by atoms with Crippen LogP contribution in [0.5, 0.6) is 0 Å². The van der Waals surface area contributed by atoms with Crippen molar-refractivity contribution in [3.8, 4) is 11.4 Å². The number of hydrogen-bond donors (Lipinski definition) is 0. The van der Waals surface area contributed by atoms with Gasteiger partial charge in [0.25, 0.3) is 0 Å². The molecular formula is C38H28N2. The van der Waals surface area contributed by atoms with E-state index in [0.717, 1.165) is 12.8 Å². The maximum atomic E-state index is 2.40. The van der Waals surface area contributed by atoms with E-state index in [4.69, 9.17) is 0 Å². The number of aromatic nitrogens is 2. The van der Waals surface area contributed by atoms with Crippen molar-refractivity contribution in [2.45, 2.75) is 12.8 Å². The molecule has 0 amide bonds. The fourth-order valence-electron chi connectivity index (χ4n) is 6.35. The lowest BCUT2D eigenvalue weighted by atomic mass is 10.0. The van der Waals surface area contributed by atoms with Gasteiger partial charge in [0.2, 0.25) is 0 Å². The molecule has 0 aliphatic heterocycles. The van der Waals surface area contributed by atoms with Crippen molar-refractivity contribution < 1.29 is 0 Å². The number of rotatable bonds is 5. The van der Waals surface area contributed by atoms with Gasteiger partial charge in [-0.2, -0.15) is 0 Å². The molecular weight excluding hydrogens is 484 g/mol. The molecule has 0 atom stereocenters. The van der Waals surface area contributed by atoms with E-state index < -0.39 is 0 Å². The predicted octanol–water partition coefficient (Wildman–Crippen LogP) is 9.67. The van der Waals surface area contributed by atoms with Gasteiger partial charge in [0.1, 0.15) is 0 Å². The van der Waals surface area contributed by atoms with E-state index in [1.807, 2.05) is 0 Å². The van der Waals surface area contributed by atoms with Gasteiger partial charge in [-0.25, -0.2) is 0 Å². The van der Waals surface area contributed by atoms with Gasteiger partial charge in [0.05, 0.1) is 22.1 Å². The molecule has 0 aliphatic carbocycles. The monoisotopic (exact) mass is 512 g/mol. The lowest BCUT2D eigenvalue weighted by Gasteiger charge is -2.09. The Kier molecular flexibility index (Phi) is 5.31. The van der Waals surface area contributed by atoms with Crippen molar-refractivity contribution in [2.24, 2.45) is 0 Å². The van der Waals surface area contributed by atoms with E-state index in [2.05, 4.69) is 155 Å². The minimum Gasteiger partial charge on any atom is -0.309 e. The molecule has 0 radical (unpaired) electrons. The Balaban J connectivity index is 1.17. The number of benzene rings is 6. The van der Waals surface area contributed by atoms with Crippen LogP contribution in [0.25, 0.3) is 55.0 Å². The molecule has 0 saturated heterocycles. The Morgan fingerprint density at radius 2 is 0.700 bits per heavy atom. The first-order chi connectivity index (χ1) is 19.8. The zero-order chi connectivity index (χ0) is 26.5. The minimum atomic E-state index is 1.00. The van der Waals surface area contributed by atoms with Crippen molar-refractivity contribution in [2.75, 3.05) is 0 Å². The molecule has 0 saturated carbocycles. The van der Waals surface area contributed by atoms with Crippen LogP contribution in [-0.2, 0) is 12.8 Å². The van der Waals surface area contributed by atoms with Crippen LogP contribution >= 0.6 is 0 Å². The summed E-state index contributed by atoms with van der Waals surface area (Å²) in [5.74, 6) is 0. The highest BCUT2D eigenvalue weighted by molar-refractivity contribution is 6.10. The summed E-state index contributed by atoms with van der Waals surface area (Å²) in [6, 6.07) is 52.8. The lowest BCUT2D eigenvalue weighted by molar-refractivity contribution is 0.964. The first-order valence-corrected chi connectivity index (χ1v) is 14.0. The molecule has 0 aliphatic rings. The van der Waals surface area contributed by atoms with E-state index in [9.17, 15) is 0 Å². The second kappa shape index (κ2) is 9.29. The number of para-hydroxylation sites is 4. The standard InChI is InChI=1S/C38H28N2/c1-3-11-29(12-4-1)39-35-17-9-7-15-31(35)33-25-27(21-23-37(33)39)19-20-28-22-24-38-34(26-28)32-16-8-10-18-36(32)40(38)30-13-5-2-6-14-30/h1-18,21-26H,19-20H2. The van der Waals surface area contributed by atoms with Crippen molar-refractivity contribution in [1.29, 1.82) is 0 Å². The number of fused-ring (bicyclic) bond motifs is 6. The maximum absolute atomic E-state index is 2.40. The highest BCUT2D eigenvalue weighted by Gasteiger charge is 2.14. The van der Waals surface area contributed by atoms with Crippen LogP contribution in [0.1, 0.15) is 11.1 Å². The lowest BCUT2D eigenvalue weighted by Crippen LogP contribution is -1.95. The molecule has 0 spiro atoms. The van der Waals surface area contributed by atoms with E-state index in [0.29, 0.717) is 0 Å². The van der Waals surface area contributed by atoms with Gasteiger partial charge >= 0.3 is 0 Å². The molecule has 2 heterocycles. The van der Waals surface area contributed by atoms with Crippen molar-refractivity contribution in [3.63, 3.8) is 0 Å². The quantitative estimate of drug-likeness (QED) is 0.217. The minimum absolute atomic E-state index is 1.00. The predicted molar refractivity (Wildman–Crippen MR) is 169 cm³/mol. The summed E-state index contributed by atoms with van der Waals surface area (Å²) in [6.07, 6.45) is 2.01. The van der Waals surface area contributed by atoms with Crippen LogP contribution in [0.3, 0.4) is 0 Å². The Bertz CT molecular complexity index is 1990. The number of hydrogen-bond acceptors (Lipinski definition) is 0. The van der Waals surface area contributed by atoms with Crippen molar-refractivity contribution >= 4 is 43.6 Å². The molecule has 0 N–H and O–H groups in total. The van der Waals surface area contributed by atoms with Crippen LogP contribution in [0.2, 0.25) is 0 Å². The molecule has 8 aromatic rings. The Labute approximate surface area is 233 Å². The van der Waals surface area contributed by atoms with Crippen molar-refractivity contribution in [3.05, 3.63) is 157 Å². The normalized spacial score (nSPS) is 11.7. The van der Waals surface area contributed by atoms with Gasteiger partial charge in [0.15, 0.2) is 0 Å². The largest absolute Gasteiger partial charge is 0.309 e. The molecule has 2 aromatic heterocycles. The molecule has 6 aromatic carbocycles. The van der Waals surface area contributed by atoms with Crippen LogP contribution in [0.15, 0.2) is 146 Å². The number of nitrogens with zero attached hydrogens (tertiary/aromatic N) is 2. The summed E-state index contributed by atoms with van der Waals surface area (Å²) >= 11 is 0. The van der Waals surface area contributed by atoms with Gasteiger partial charge in [0, 0.05) is 32.9 Å². The second-order valence-electron chi connectivity index (χ2n) is 10.6. The van der Waals surface area contributed by atoms with E-state index in [-0.39, 0.29) is 0 Å². The molecule has 8 rings (SSSR count). The molecule has 0 unspecified atom stereocenters. The summed E-state index contributed by atoms with van der Waals surface area (Å²) in [7, 11) is 0. The third-order valence-corrected chi connectivity index (χ3v) is 8.21. The SMILES string of the molecule is c1ccc(-n2c3ccccc3c3cc(CCc4ccc5c(c4)c4ccccc4n5-c4ccccc4)ccc32)cc1. The van der Waals surface area contributed by atoms with Crippen LogP contribution in [-0.4, -0.2) is 9.13 Å². The van der Waals surface area contributed by atoms with Crippen LogP contribution < -0.4 is 0 Å². The molecule has 190 valence electrons. The Morgan fingerprint density at radius 1 is 0.325 bits per heavy atom. The zero-order valence-corrected chi connectivity index (χ0v) is 22.2. The fourth-order valence-corrected chi connectivity index (χ4v) is 6.35. The third-order valence-electron chi connectivity index (χ3n) is 8.21. The summed E-state index contributed by atoms with van der Waals surface area (Å²) in [6.45, 7) is 0. The Morgan fingerprint density at radius 3 is 1.15 bits per heavy atom. The average Bonchev–Trinajstić information content (AvgIpc) is 3.53. The highest BCUT2D eigenvalue weighted by atomic mass is 15.0. The van der Waals surface area contributed by atoms with Gasteiger partial charge in [-0.1, -0.05) is 84.9 Å². The van der Waals surface area contributed by atoms with Gasteiger partial charge in [-0.15, -0.1) is 0 Å². The van der Waals surface area contributed by atoms with Crippen LogP contribution in [0, 0.1) is 0 Å². The third kappa shape index (κ3) is 3.65. The zero-order valence-electron chi connectivity index (χ0n) is 22.2. The summed E-state index contributed by atoms with van der Waals surface area (Å²) in [5, 5.41) is 5.24. The van der Waals surface area contributed by atoms with E-state index in [1.54, 1.807) is 0 Å². The maximum Gasteiger partial charge on any atom is 0.0541 e. The van der Waals surface area contributed by atoms with Gasteiger partial charge < -0.3 is 9.13 Å². The first kappa shape index (κ1) is 22.9. The smallest absolute Gasteiger partial charge is 0.0541 e. The first-order valence-electron chi connectivity index (χ1n) is 14.0. The topological polar surface area (TPSA) is 9.86 Å². The van der Waals surface area contributed by atoms with Gasteiger partial charge in [-0.05, 0) is 84.6 Å². The molecule has 40 heavy (non-hydrogen) atoms. The highest BCUT2D eigenvalue weighted by Crippen LogP contribution is 2.34. The molecule has 0 bridgehead atoms. The Hall–Kier alpha value is -5.08. The summed E-state index contributed by atoms with van der Waals surface area (Å²) in [4.78, 5) is 0. The van der Waals surface area contributed by atoms with Gasteiger partial charge in [-0.3, -0.25) is 0 Å². The molecule has 2 nitrogen and oxygen atoms in total. The fraction of sp³-hybridized carbons (Fsp3) is 0.0526. The molecule has 0 fully saturated rings. The number of aryl methyl sites for hydroxylation is 2. The molecule has 2 heteroatoms. The summed E-state index contributed by atoms with van der Waals surface area (Å²) < 4.78 is 4.76. The summed E-state index contributed by atoms with van der Waals surface area (Å²) in [5.41, 5.74) is 10.2. The van der Waals surface area contributed by atoms with E-state index in [1.165, 1.54) is 66.1 Å². The van der Waals surface area contributed by atoms with Crippen molar-refractivity contribution in [1.82, 2.24) is 9.13 Å².